The normalized spacial score (nSPS) is 32.4. The zero-order chi connectivity index (χ0) is 22.2. The predicted octanol–water partition coefficient (Wildman–Crippen LogP) is -0.794. The topological polar surface area (TPSA) is 137 Å². The van der Waals surface area contributed by atoms with Crippen LogP contribution in [-0.4, -0.2) is 91.8 Å². The zero-order valence-electron chi connectivity index (χ0n) is 17.7. The van der Waals surface area contributed by atoms with E-state index < -0.39 is 30.3 Å². The average Bonchev–Trinajstić information content (AvgIpc) is 3.56. The summed E-state index contributed by atoms with van der Waals surface area (Å²) in [7, 11) is 0. The van der Waals surface area contributed by atoms with Gasteiger partial charge >= 0.3 is 0 Å². The predicted molar refractivity (Wildman–Crippen MR) is 116 cm³/mol. The Hall–Kier alpha value is -2.25. The van der Waals surface area contributed by atoms with Crippen molar-refractivity contribution in [3.63, 3.8) is 0 Å². The van der Waals surface area contributed by atoms with Gasteiger partial charge in [-0.2, -0.15) is 0 Å². The third-order valence-electron chi connectivity index (χ3n) is 6.87. The summed E-state index contributed by atoms with van der Waals surface area (Å²) in [5, 5.41) is 11.6. The Labute approximate surface area is 185 Å². The monoisotopic (exact) mass is 448 g/mol. The number of carbonyl (C=O) groups is 1. The lowest BCUT2D eigenvalue weighted by atomic mass is 9.99. The van der Waals surface area contributed by atoms with E-state index in [0.717, 1.165) is 38.4 Å². The molecule has 5 N–H and O–H groups in total. The fourth-order valence-corrected chi connectivity index (χ4v) is 5.01. The summed E-state index contributed by atoms with van der Waals surface area (Å²) in [5.74, 6) is -1.47. The molecule has 0 spiro atoms. The van der Waals surface area contributed by atoms with E-state index in [4.69, 9.17) is 10.5 Å². The van der Waals surface area contributed by atoms with Gasteiger partial charge in [-0.05, 0) is 12.5 Å². The van der Waals surface area contributed by atoms with Gasteiger partial charge in [0.25, 0.3) is 0 Å². The molecule has 11 nitrogen and oxygen atoms in total. The minimum atomic E-state index is -1.28. The van der Waals surface area contributed by atoms with Crippen LogP contribution in [0.25, 0.3) is 0 Å². The van der Waals surface area contributed by atoms with Crippen LogP contribution in [0.2, 0.25) is 0 Å². The SMILES string of the molecule is NC(N=O)C(C(=O)Nc1cnccc1N1CCN(C2COC2)C2CC21)C1NCC(F)CN1. The number of pyridine rings is 1. The van der Waals surface area contributed by atoms with E-state index in [9.17, 15) is 14.1 Å². The Kier molecular flexibility index (Phi) is 6.03. The lowest BCUT2D eigenvalue weighted by Gasteiger charge is -2.43. The molecule has 4 fully saturated rings. The number of nitrogens with two attached hydrogens (primary N) is 1. The first-order chi connectivity index (χ1) is 15.6. The quantitative estimate of drug-likeness (QED) is 0.395. The molecule has 1 amide bonds. The Morgan fingerprint density at radius 1 is 1.31 bits per heavy atom. The Bertz CT molecular complexity index is 850. The molecule has 0 bridgehead atoms. The van der Waals surface area contributed by atoms with Crippen LogP contribution in [-0.2, 0) is 9.53 Å². The highest BCUT2D eigenvalue weighted by Crippen LogP contribution is 2.43. The molecule has 1 aliphatic carbocycles. The van der Waals surface area contributed by atoms with Crippen molar-refractivity contribution in [2.75, 3.05) is 49.6 Å². The molecule has 12 heteroatoms. The first kappa shape index (κ1) is 21.6. The zero-order valence-corrected chi connectivity index (χ0v) is 17.7. The highest BCUT2D eigenvalue weighted by molar-refractivity contribution is 5.96. The summed E-state index contributed by atoms with van der Waals surface area (Å²) < 4.78 is 18.8. The summed E-state index contributed by atoms with van der Waals surface area (Å²) in [6.45, 7) is 3.53. The number of carbonyl (C=O) groups excluding carboxylic acids is 1. The second-order valence-corrected chi connectivity index (χ2v) is 8.89. The Morgan fingerprint density at radius 2 is 2.09 bits per heavy atom. The van der Waals surface area contributed by atoms with E-state index in [-0.39, 0.29) is 13.1 Å². The van der Waals surface area contributed by atoms with Gasteiger partial charge < -0.3 is 20.7 Å². The maximum Gasteiger partial charge on any atom is 0.234 e. The number of hydrogen-bond donors (Lipinski definition) is 4. The van der Waals surface area contributed by atoms with Crippen LogP contribution in [0.4, 0.5) is 15.8 Å². The second-order valence-electron chi connectivity index (χ2n) is 8.89. The number of ether oxygens (including phenoxy) is 1. The number of rotatable bonds is 7. The summed E-state index contributed by atoms with van der Waals surface area (Å²) in [6.07, 6.45) is 1.38. The summed E-state index contributed by atoms with van der Waals surface area (Å²) in [5.41, 5.74) is 7.31. The number of amides is 1. The molecule has 0 radical (unpaired) electrons. The molecule has 5 rings (SSSR count). The average molecular weight is 449 g/mol. The highest BCUT2D eigenvalue weighted by atomic mass is 19.1. The number of alkyl halides is 1. The molecule has 1 aromatic rings. The van der Waals surface area contributed by atoms with Crippen LogP contribution >= 0.6 is 0 Å². The molecule has 4 aliphatic rings. The van der Waals surface area contributed by atoms with Crippen molar-refractivity contribution in [2.45, 2.75) is 43.0 Å². The summed E-state index contributed by atoms with van der Waals surface area (Å²) in [4.78, 5) is 33.4. The molecular weight excluding hydrogens is 419 g/mol. The van der Waals surface area contributed by atoms with E-state index >= 15 is 0 Å². The number of nitrogens with one attached hydrogen (secondary N) is 3. The lowest BCUT2D eigenvalue weighted by Crippen LogP contribution is -2.62. The summed E-state index contributed by atoms with van der Waals surface area (Å²) in [6, 6.07) is 3.30. The van der Waals surface area contributed by atoms with Gasteiger partial charge in [0.05, 0.1) is 43.0 Å². The molecule has 4 heterocycles. The van der Waals surface area contributed by atoms with Gasteiger partial charge in [-0.25, -0.2) is 4.39 Å². The number of nitroso groups, excluding NO2 is 1. The fourth-order valence-electron chi connectivity index (χ4n) is 5.01. The van der Waals surface area contributed by atoms with Gasteiger partial charge in [0, 0.05) is 44.5 Å². The molecule has 4 unspecified atom stereocenters. The van der Waals surface area contributed by atoms with Crippen LogP contribution in [0.5, 0.6) is 0 Å². The molecule has 3 saturated heterocycles. The van der Waals surface area contributed by atoms with Crippen molar-refractivity contribution < 1.29 is 13.9 Å². The van der Waals surface area contributed by atoms with E-state index in [1.807, 2.05) is 6.07 Å². The lowest BCUT2D eigenvalue weighted by molar-refractivity contribution is -0.122. The van der Waals surface area contributed by atoms with Crippen LogP contribution in [0.3, 0.4) is 0 Å². The Balaban J connectivity index is 1.30. The van der Waals surface area contributed by atoms with Crippen LogP contribution < -0.4 is 26.6 Å². The van der Waals surface area contributed by atoms with E-state index in [0.29, 0.717) is 23.8 Å². The van der Waals surface area contributed by atoms with Crippen LogP contribution in [0, 0.1) is 10.8 Å². The first-order valence-corrected chi connectivity index (χ1v) is 11.1. The van der Waals surface area contributed by atoms with Crippen molar-refractivity contribution in [3.8, 4) is 0 Å². The van der Waals surface area contributed by atoms with Gasteiger partial charge in [-0.15, -0.1) is 4.91 Å². The van der Waals surface area contributed by atoms with Crippen LogP contribution in [0.1, 0.15) is 6.42 Å². The minimum Gasteiger partial charge on any atom is -0.378 e. The molecular formula is C20H29FN8O3. The van der Waals surface area contributed by atoms with Crippen LogP contribution in [0.15, 0.2) is 23.6 Å². The van der Waals surface area contributed by atoms with Gasteiger partial charge in [0.1, 0.15) is 12.1 Å². The van der Waals surface area contributed by atoms with Crippen molar-refractivity contribution in [3.05, 3.63) is 23.4 Å². The molecule has 1 aromatic heterocycles. The third-order valence-corrected chi connectivity index (χ3v) is 6.87. The number of piperazine rings is 1. The standard InChI is InChI=1S/C20H29FN8O3/c21-11-6-24-19(25-7-11)17(18(22)27-31)20(30)26-13-8-23-2-1-14(13)29-4-3-28(12-9-32-10-12)15-5-16(15)29/h1-2,8,11-12,15-19,24-25H,3-7,9-10,22H2,(H,26,30). The van der Waals surface area contributed by atoms with E-state index in [1.54, 1.807) is 12.4 Å². The maximum absolute atomic E-state index is 13.5. The molecule has 32 heavy (non-hydrogen) atoms. The number of nitrogens with zero attached hydrogens (tertiary/aromatic N) is 4. The van der Waals surface area contributed by atoms with Gasteiger partial charge in [-0.1, -0.05) is 5.18 Å². The van der Waals surface area contributed by atoms with Crippen molar-refractivity contribution in [1.82, 2.24) is 20.5 Å². The largest absolute Gasteiger partial charge is 0.378 e. The van der Waals surface area contributed by atoms with Crippen molar-refractivity contribution >= 4 is 17.3 Å². The number of hydrogen-bond acceptors (Lipinski definition) is 10. The van der Waals surface area contributed by atoms with Gasteiger partial charge in [0.15, 0.2) is 6.17 Å². The number of aromatic nitrogens is 1. The smallest absolute Gasteiger partial charge is 0.234 e. The highest BCUT2D eigenvalue weighted by Gasteiger charge is 2.52. The number of halogens is 1. The molecule has 4 atom stereocenters. The molecule has 174 valence electrons. The second kappa shape index (κ2) is 8.94. The molecule has 0 aromatic carbocycles. The summed E-state index contributed by atoms with van der Waals surface area (Å²) >= 11 is 0. The number of anilines is 2. The minimum absolute atomic E-state index is 0.0740. The maximum atomic E-state index is 13.5. The van der Waals surface area contributed by atoms with E-state index in [2.05, 4.69) is 35.9 Å². The third kappa shape index (κ3) is 4.08. The van der Waals surface area contributed by atoms with Gasteiger partial charge in [0.2, 0.25) is 5.91 Å². The van der Waals surface area contributed by atoms with E-state index in [1.165, 1.54) is 0 Å². The fraction of sp³-hybridized carbons (Fsp3) is 0.700. The van der Waals surface area contributed by atoms with Crippen molar-refractivity contribution in [2.24, 2.45) is 16.8 Å². The molecule has 3 aliphatic heterocycles. The van der Waals surface area contributed by atoms with Gasteiger partial charge in [-0.3, -0.25) is 25.3 Å². The number of fused-ring (bicyclic) bond motifs is 1. The Morgan fingerprint density at radius 3 is 2.78 bits per heavy atom. The first-order valence-electron chi connectivity index (χ1n) is 11.1. The van der Waals surface area contributed by atoms with Crippen molar-refractivity contribution in [1.29, 1.82) is 0 Å². The molecule has 1 saturated carbocycles.